The van der Waals surface area contributed by atoms with Crippen molar-refractivity contribution in [3.8, 4) is 0 Å². The van der Waals surface area contributed by atoms with Gasteiger partial charge in [-0.25, -0.2) is 8.42 Å². The lowest BCUT2D eigenvalue weighted by Gasteiger charge is -2.06. The summed E-state index contributed by atoms with van der Waals surface area (Å²) in [5.74, 6) is -0.526. The molecule has 1 heterocycles. The van der Waals surface area contributed by atoms with Crippen LogP contribution in [0.2, 0.25) is 0 Å². The van der Waals surface area contributed by atoms with Gasteiger partial charge in [0.2, 0.25) is 0 Å². The van der Waals surface area contributed by atoms with Crippen LogP contribution >= 0.6 is 22.0 Å². The monoisotopic (exact) mass is 363 g/mol. The normalized spacial score (nSPS) is 12.4. The molecular formula is C11H13ClF3NO3S2. The number of unbranched alkanes of at least 4 members (excludes halogenated alkanes) is 1. The van der Waals surface area contributed by atoms with Gasteiger partial charge in [-0.2, -0.15) is 13.2 Å². The van der Waals surface area contributed by atoms with E-state index in [1.807, 2.05) is 0 Å². The van der Waals surface area contributed by atoms with E-state index in [1.165, 1.54) is 6.92 Å². The Labute approximate surface area is 128 Å². The number of nitrogens with one attached hydrogen (secondary N) is 1. The fourth-order valence-electron chi connectivity index (χ4n) is 1.56. The molecule has 10 heteroatoms. The van der Waals surface area contributed by atoms with E-state index >= 15 is 0 Å². The van der Waals surface area contributed by atoms with Gasteiger partial charge in [-0.1, -0.05) is 0 Å². The van der Waals surface area contributed by atoms with Crippen molar-refractivity contribution < 1.29 is 26.4 Å². The number of carbonyl (C=O) groups is 1. The lowest BCUT2D eigenvalue weighted by molar-refractivity contribution is -0.135. The maximum absolute atomic E-state index is 11.9. The van der Waals surface area contributed by atoms with Gasteiger partial charge in [-0.3, -0.25) is 4.79 Å². The van der Waals surface area contributed by atoms with Crippen molar-refractivity contribution in [2.75, 3.05) is 6.54 Å². The minimum atomic E-state index is -4.20. The van der Waals surface area contributed by atoms with E-state index in [0.29, 0.717) is 4.88 Å². The summed E-state index contributed by atoms with van der Waals surface area (Å²) in [4.78, 5) is 12.1. The standard InChI is InChI=1S/C11H13ClF3NO3S2/c1-7-9(21(12,18)19)6-8(20-7)10(17)16-5-3-2-4-11(13,14)15/h6H,2-5H2,1H3,(H,16,17). The van der Waals surface area contributed by atoms with E-state index in [2.05, 4.69) is 5.32 Å². The highest BCUT2D eigenvalue weighted by atomic mass is 35.7. The highest BCUT2D eigenvalue weighted by Gasteiger charge is 2.26. The molecule has 0 aliphatic carbocycles. The van der Waals surface area contributed by atoms with Crippen LogP contribution in [-0.4, -0.2) is 27.0 Å². The molecule has 0 aromatic carbocycles. The predicted octanol–water partition coefficient (Wildman–Crippen LogP) is 3.45. The van der Waals surface area contributed by atoms with E-state index in [0.717, 1.165) is 17.4 Å². The van der Waals surface area contributed by atoms with Crippen LogP contribution in [0.1, 0.15) is 33.8 Å². The Morgan fingerprint density at radius 2 is 2.00 bits per heavy atom. The van der Waals surface area contributed by atoms with Gasteiger partial charge in [0.15, 0.2) is 0 Å². The van der Waals surface area contributed by atoms with Gasteiger partial charge < -0.3 is 5.32 Å². The van der Waals surface area contributed by atoms with Crippen LogP contribution in [0.25, 0.3) is 0 Å². The molecule has 0 aliphatic heterocycles. The predicted molar refractivity (Wildman–Crippen MR) is 74.3 cm³/mol. The van der Waals surface area contributed by atoms with Gasteiger partial charge in [0.05, 0.1) is 9.77 Å². The Bertz CT molecular complexity index is 611. The molecule has 4 nitrogen and oxygen atoms in total. The van der Waals surface area contributed by atoms with Crippen molar-refractivity contribution in [3.05, 3.63) is 15.8 Å². The molecule has 1 amide bonds. The Morgan fingerprint density at radius 1 is 1.38 bits per heavy atom. The minimum absolute atomic E-state index is 0.0748. The second-order valence-corrected chi connectivity index (χ2v) is 8.09. The van der Waals surface area contributed by atoms with E-state index < -0.39 is 27.6 Å². The zero-order chi connectivity index (χ0) is 16.3. The molecule has 0 radical (unpaired) electrons. The average molecular weight is 364 g/mol. The summed E-state index contributed by atoms with van der Waals surface area (Å²) in [6.45, 7) is 1.61. The number of aryl methyl sites for hydroxylation is 1. The summed E-state index contributed by atoms with van der Waals surface area (Å²) < 4.78 is 58.2. The molecule has 1 aromatic heterocycles. The third-order valence-electron chi connectivity index (χ3n) is 2.53. The molecule has 0 saturated heterocycles. The molecule has 120 valence electrons. The maximum atomic E-state index is 11.9. The first-order valence-electron chi connectivity index (χ1n) is 5.91. The van der Waals surface area contributed by atoms with E-state index in [1.54, 1.807) is 0 Å². The number of carbonyl (C=O) groups excluding carboxylic acids is 1. The summed E-state index contributed by atoms with van der Waals surface area (Å²) in [6, 6.07) is 1.16. The molecule has 21 heavy (non-hydrogen) atoms. The van der Waals surface area contributed by atoms with Crippen LogP contribution in [0.5, 0.6) is 0 Å². The molecule has 1 N–H and O–H groups in total. The Hall–Kier alpha value is -0.800. The van der Waals surface area contributed by atoms with Crippen molar-refractivity contribution in [3.63, 3.8) is 0 Å². The van der Waals surface area contributed by atoms with Gasteiger partial charge in [0, 0.05) is 28.5 Å². The van der Waals surface area contributed by atoms with Gasteiger partial charge in [0.1, 0.15) is 0 Å². The van der Waals surface area contributed by atoms with Crippen LogP contribution < -0.4 is 5.32 Å². The Balaban J connectivity index is 2.50. The fraction of sp³-hybridized carbons (Fsp3) is 0.545. The molecule has 0 aliphatic rings. The lowest BCUT2D eigenvalue weighted by atomic mass is 10.2. The summed E-state index contributed by atoms with van der Waals surface area (Å²) in [7, 11) is 1.30. The van der Waals surface area contributed by atoms with E-state index in [4.69, 9.17) is 10.7 Å². The quantitative estimate of drug-likeness (QED) is 0.622. The van der Waals surface area contributed by atoms with E-state index in [9.17, 15) is 26.4 Å². The zero-order valence-corrected chi connectivity index (χ0v) is 13.3. The first-order valence-corrected chi connectivity index (χ1v) is 9.03. The van der Waals surface area contributed by atoms with Crippen LogP contribution in [0.3, 0.4) is 0 Å². The van der Waals surface area contributed by atoms with Crippen molar-refractivity contribution >= 4 is 37.0 Å². The van der Waals surface area contributed by atoms with Crippen molar-refractivity contribution in [1.82, 2.24) is 5.32 Å². The number of halogens is 4. The number of thiophene rings is 1. The second kappa shape index (κ2) is 6.97. The fourth-order valence-corrected chi connectivity index (χ4v) is 4.14. The van der Waals surface area contributed by atoms with Gasteiger partial charge in [0.25, 0.3) is 15.0 Å². The molecule has 1 rings (SSSR count). The van der Waals surface area contributed by atoms with Crippen LogP contribution in [0, 0.1) is 6.92 Å². The molecule has 1 aromatic rings. The second-order valence-electron chi connectivity index (χ2n) is 4.30. The molecule has 0 unspecified atom stereocenters. The minimum Gasteiger partial charge on any atom is -0.351 e. The number of rotatable bonds is 6. The number of amides is 1. The largest absolute Gasteiger partial charge is 0.389 e. The van der Waals surface area contributed by atoms with E-state index in [-0.39, 0.29) is 29.2 Å². The SMILES string of the molecule is Cc1sc(C(=O)NCCCCC(F)(F)F)cc1S(=O)(=O)Cl. The van der Waals surface area contributed by atoms with Crippen LogP contribution in [-0.2, 0) is 9.05 Å². The molecule has 0 saturated carbocycles. The van der Waals surface area contributed by atoms with Crippen LogP contribution in [0.15, 0.2) is 11.0 Å². The number of alkyl halides is 3. The first kappa shape index (κ1) is 18.2. The van der Waals surface area contributed by atoms with Crippen molar-refractivity contribution in [2.24, 2.45) is 0 Å². The van der Waals surface area contributed by atoms with Crippen molar-refractivity contribution in [2.45, 2.75) is 37.3 Å². The van der Waals surface area contributed by atoms with Gasteiger partial charge >= 0.3 is 6.18 Å². The molecule has 0 spiro atoms. The smallest absolute Gasteiger partial charge is 0.351 e. The summed E-state index contributed by atoms with van der Waals surface area (Å²) in [5.41, 5.74) is 0. The highest BCUT2D eigenvalue weighted by Crippen LogP contribution is 2.28. The Kier molecular flexibility index (Phi) is 6.06. The van der Waals surface area contributed by atoms with Crippen LogP contribution in [0.4, 0.5) is 13.2 Å². The number of hydrogen-bond acceptors (Lipinski definition) is 4. The maximum Gasteiger partial charge on any atom is 0.389 e. The third-order valence-corrected chi connectivity index (χ3v) is 5.16. The molecular weight excluding hydrogens is 351 g/mol. The molecule has 0 bridgehead atoms. The number of hydrogen-bond donors (Lipinski definition) is 1. The van der Waals surface area contributed by atoms with Gasteiger partial charge in [-0.15, -0.1) is 11.3 Å². The summed E-state index contributed by atoms with van der Waals surface area (Å²) >= 11 is 0.962. The summed E-state index contributed by atoms with van der Waals surface area (Å²) in [5, 5.41) is 2.44. The average Bonchev–Trinajstić information content (AvgIpc) is 2.69. The topological polar surface area (TPSA) is 63.2 Å². The third kappa shape index (κ3) is 6.23. The molecule has 0 atom stereocenters. The van der Waals surface area contributed by atoms with Gasteiger partial charge in [-0.05, 0) is 25.8 Å². The molecule has 0 fully saturated rings. The summed E-state index contributed by atoms with van der Waals surface area (Å²) in [6.07, 6.45) is -4.97. The van der Waals surface area contributed by atoms with Crippen molar-refractivity contribution in [1.29, 1.82) is 0 Å². The highest BCUT2D eigenvalue weighted by molar-refractivity contribution is 8.13. The zero-order valence-electron chi connectivity index (χ0n) is 11.0. The lowest BCUT2D eigenvalue weighted by Crippen LogP contribution is -2.23. The first-order chi connectivity index (χ1) is 9.50. The Morgan fingerprint density at radius 3 is 2.48 bits per heavy atom.